The maximum atomic E-state index is 12.2. The van der Waals surface area contributed by atoms with Gasteiger partial charge in [-0.2, -0.15) is 0 Å². The molecule has 2 saturated heterocycles. The predicted molar refractivity (Wildman–Crippen MR) is 59.9 cm³/mol. The highest BCUT2D eigenvalue weighted by Crippen LogP contribution is 2.25. The van der Waals surface area contributed by atoms with Gasteiger partial charge >= 0.3 is 0 Å². The molecule has 92 valence electrons. The SMILES string of the molecule is CC1OCCC1C(=O)N1CCC(CO)CC1. The lowest BCUT2D eigenvalue weighted by Gasteiger charge is -2.33. The van der Waals surface area contributed by atoms with E-state index in [1.165, 1.54) is 0 Å². The van der Waals surface area contributed by atoms with Crippen LogP contribution in [0.4, 0.5) is 0 Å². The summed E-state index contributed by atoms with van der Waals surface area (Å²) in [5, 5.41) is 9.05. The minimum Gasteiger partial charge on any atom is -0.396 e. The summed E-state index contributed by atoms with van der Waals surface area (Å²) in [6.45, 7) is 4.55. The van der Waals surface area contributed by atoms with Crippen molar-refractivity contribution in [2.24, 2.45) is 11.8 Å². The summed E-state index contributed by atoms with van der Waals surface area (Å²) in [5.41, 5.74) is 0. The fraction of sp³-hybridized carbons (Fsp3) is 0.917. The van der Waals surface area contributed by atoms with Crippen LogP contribution < -0.4 is 0 Å². The number of amides is 1. The lowest BCUT2D eigenvalue weighted by molar-refractivity contribution is -0.138. The van der Waals surface area contributed by atoms with Crippen LogP contribution in [-0.4, -0.2) is 48.3 Å². The topological polar surface area (TPSA) is 49.8 Å². The normalized spacial score (nSPS) is 32.0. The van der Waals surface area contributed by atoms with E-state index in [4.69, 9.17) is 9.84 Å². The van der Waals surface area contributed by atoms with E-state index in [9.17, 15) is 4.79 Å². The van der Waals surface area contributed by atoms with Crippen LogP contribution in [0, 0.1) is 11.8 Å². The zero-order valence-corrected chi connectivity index (χ0v) is 9.89. The first kappa shape index (κ1) is 11.9. The van der Waals surface area contributed by atoms with Gasteiger partial charge in [-0.3, -0.25) is 4.79 Å². The molecule has 0 saturated carbocycles. The maximum Gasteiger partial charge on any atom is 0.228 e. The molecule has 1 N–H and O–H groups in total. The molecule has 0 aromatic heterocycles. The summed E-state index contributed by atoms with van der Waals surface area (Å²) in [5.74, 6) is 0.702. The number of piperidine rings is 1. The summed E-state index contributed by atoms with van der Waals surface area (Å²) >= 11 is 0. The fourth-order valence-electron chi connectivity index (χ4n) is 2.63. The molecule has 2 heterocycles. The Bertz CT molecular complexity index is 249. The van der Waals surface area contributed by atoms with E-state index in [-0.39, 0.29) is 24.5 Å². The maximum absolute atomic E-state index is 12.2. The Balaban J connectivity index is 1.86. The molecule has 2 aliphatic heterocycles. The van der Waals surface area contributed by atoms with Gasteiger partial charge in [0.25, 0.3) is 0 Å². The molecule has 4 nitrogen and oxygen atoms in total. The van der Waals surface area contributed by atoms with Crippen molar-refractivity contribution in [1.82, 2.24) is 4.90 Å². The summed E-state index contributed by atoms with van der Waals surface area (Å²) < 4.78 is 5.43. The first-order valence-electron chi connectivity index (χ1n) is 6.23. The van der Waals surface area contributed by atoms with Crippen molar-refractivity contribution >= 4 is 5.91 Å². The summed E-state index contributed by atoms with van der Waals surface area (Å²) in [6.07, 6.45) is 2.80. The van der Waals surface area contributed by atoms with Crippen molar-refractivity contribution in [2.75, 3.05) is 26.3 Å². The Morgan fingerprint density at radius 3 is 2.56 bits per heavy atom. The van der Waals surface area contributed by atoms with Gasteiger partial charge in [-0.15, -0.1) is 0 Å². The van der Waals surface area contributed by atoms with Crippen LogP contribution in [0.15, 0.2) is 0 Å². The average molecular weight is 227 g/mol. The van der Waals surface area contributed by atoms with Crippen molar-refractivity contribution < 1.29 is 14.6 Å². The number of hydrogen-bond acceptors (Lipinski definition) is 3. The molecular weight excluding hydrogens is 206 g/mol. The van der Waals surface area contributed by atoms with Gasteiger partial charge in [0, 0.05) is 26.3 Å². The molecule has 0 radical (unpaired) electrons. The van der Waals surface area contributed by atoms with Crippen molar-refractivity contribution in [3.8, 4) is 0 Å². The highest BCUT2D eigenvalue weighted by atomic mass is 16.5. The van der Waals surface area contributed by atoms with Gasteiger partial charge in [0.2, 0.25) is 5.91 Å². The van der Waals surface area contributed by atoms with Gasteiger partial charge < -0.3 is 14.7 Å². The number of nitrogens with zero attached hydrogens (tertiary/aromatic N) is 1. The molecule has 2 unspecified atom stereocenters. The fourth-order valence-corrected chi connectivity index (χ4v) is 2.63. The smallest absolute Gasteiger partial charge is 0.228 e. The molecule has 0 aromatic rings. The monoisotopic (exact) mass is 227 g/mol. The van der Waals surface area contributed by atoms with Crippen LogP contribution in [0.3, 0.4) is 0 Å². The van der Waals surface area contributed by atoms with Crippen molar-refractivity contribution in [2.45, 2.75) is 32.3 Å². The quantitative estimate of drug-likeness (QED) is 0.753. The van der Waals surface area contributed by atoms with Crippen LogP contribution in [0.5, 0.6) is 0 Å². The van der Waals surface area contributed by atoms with E-state index in [0.29, 0.717) is 12.5 Å². The molecule has 4 heteroatoms. The second-order valence-corrected chi connectivity index (χ2v) is 4.92. The molecule has 2 aliphatic rings. The Morgan fingerprint density at radius 1 is 1.38 bits per heavy atom. The molecule has 2 rings (SSSR count). The summed E-state index contributed by atoms with van der Waals surface area (Å²) in [7, 11) is 0. The molecule has 0 aliphatic carbocycles. The third-order valence-corrected chi connectivity index (χ3v) is 3.88. The number of carbonyl (C=O) groups is 1. The van der Waals surface area contributed by atoms with Crippen LogP contribution >= 0.6 is 0 Å². The van der Waals surface area contributed by atoms with Crippen molar-refractivity contribution in [1.29, 1.82) is 0 Å². The van der Waals surface area contributed by atoms with Crippen LogP contribution in [-0.2, 0) is 9.53 Å². The van der Waals surface area contributed by atoms with E-state index in [1.54, 1.807) is 0 Å². The average Bonchev–Trinajstić information content (AvgIpc) is 2.75. The minimum atomic E-state index is 0.0608. The van der Waals surface area contributed by atoms with Crippen LogP contribution in [0.25, 0.3) is 0 Å². The largest absolute Gasteiger partial charge is 0.396 e. The lowest BCUT2D eigenvalue weighted by Crippen LogP contribution is -2.43. The van der Waals surface area contributed by atoms with E-state index >= 15 is 0 Å². The lowest BCUT2D eigenvalue weighted by atomic mass is 9.95. The molecule has 0 aromatic carbocycles. The highest BCUT2D eigenvalue weighted by Gasteiger charge is 2.34. The molecule has 2 fully saturated rings. The van der Waals surface area contributed by atoms with Gasteiger partial charge in [0.05, 0.1) is 12.0 Å². The standard InChI is InChI=1S/C12H21NO3/c1-9-11(4-7-16-9)12(15)13-5-2-10(8-14)3-6-13/h9-11,14H,2-8H2,1H3. The van der Waals surface area contributed by atoms with Crippen molar-refractivity contribution in [3.63, 3.8) is 0 Å². The van der Waals surface area contributed by atoms with Gasteiger partial charge in [0.15, 0.2) is 0 Å². The first-order valence-corrected chi connectivity index (χ1v) is 6.23. The highest BCUT2D eigenvalue weighted by molar-refractivity contribution is 5.79. The predicted octanol–water partition coefficient (Wildman–Crippen LogP) is 0.642. The molecular formula is C12H21NO3. The zero-order valence-electron chi connectivity index (χ0n) is 9.89. The molecule has 0 spiro atoms. The van der Waals surface area contributed by atoms with Crippen LogP contribution in [0.2, 0.25) is 0 Å². The Labute approximate surface area is 96.6 Å². The zero-order chi connectivity index (χ0) is 11.5. The molecule has 1 amide bonds. The summed E-state index contributed by atoms with van der Waals surface area (Å²) in [4.78, 5) is 14.1. The Kier molecular flexibility index (Phi) is 3.82. The van der Waals surface area contributed by atoms with Gasteiger partial charge in [-0.1, -0.05) is 0 Å². The van der Waals surface area contributed by atoms with Crippen LogP contribution in [0.1, 0.15) is 26.2 Å². The van der Waals surface area contributed by atoms with Gasteiger partial charge in [0.1, 0.15) is 0 Å². The molecule has 16 heavy (non-hydrogen) atoms. The Hall–Kier alpha value is -0.610. The third-order valence-electron chi connectivity index (χ3n) is 3.88. The number of likely N-dealkylation sites (tertiary alicyclic amines) is 1. The molecule has 0 bridgehead atoms. The van der Waals surface area contributed by atoms with E-state index < -0.39 is 0 Å². The minimum absolute atomic E-state index is 0.0608. The number of rotatable bonds is 2. The van der Waals surface area contributed by atoms with Gasteiger partial charge in [-0.25, -0.2) is 0 Å². The second-order valence-electron chi connectivity index (χ2n) is 4.92. The van der Waals surface area contributed by atoms with Crippen molar-refractivity contribution in [3.05, 3.63) is 0 Å². The number of ether oxygens (including phenoxy) is 1. The molecule has 2 atom stereocenters. The number of carbonyl (C=O) groups excluding carboxylic acids is 1. The van der Waals surface area contributed by atoms with E-state index in [0.717, 1.165) is 32.4 Å². The second kappa shape index (κ2) is 5.15. The van der Waals surface area contributed by atoms with E-state index in [1.807, 2.05) is 11.8 Å². The number of aliphatic hydroxyl groups excluding tert-OH is 1. The number of hydrogen-bond donors (Lipinski definition) is 1. The van der Waals surface area contributed by atoms with Gasteiger partial charge in [-0.05, 0) is 32.1 Å². The first-order chi connectivity index (χ1) is 7.72. The third kappa shape index (κ3) is 2.38. The Morgan fingerprint density at radius 2 is 2.06 bits per heavy atom. The van der Waals surface area contributed by atoms with E-state index in [2.05, 4.69) is 0 Å². The number of aliphatic hydroxyl groups is 1. The summed E-state index contributed by atoms with van der Waals surface area (Å²) in [6, 6.07) is 0.